The van der Waals surface area contributed by atoms with Crippen LogP contribution < -0.4 is 5.32 Å². The Labute approximate surface area is 136 Å². The van der Waals surface area contributed by atoms with E-state index in [4.69, 9.17) is 4.98 Å². The van der Waals surface area contributed by atoms with E-state index in [0.717, 1.165) is 38.1 Å². The number of imidazole rings is 2. The van der Waals surface area contributed by atoms with Crippen LogP contribution >= 0.6 is 0 Å². The maximum atomic E-state index is 10.3. The first kappa shape index (κ1) is 14.9. The molecule has 3 atom stereocenters. The fourth-order valence-electron chi connectivity index (χ4n) is 4.00. The Balaban J connectivity index is 1.31. The minimum Gasteiger partial charge on any atom is -0.391 e. The molecule has 2 aliphatic rings. The van der Waals surface area contributed by atoms with Gasteiger partial charge >= 0.3 is 0 Å². The summed E-state index contributed by atoms with van der Waals surface area (Å²) < 4.78 is 2.10. The number of fused-ring (bicyclic) bond motifs is 1. The SMILES string of the molecule is O[C@@H]1CC(Cn2ccnc2)C[C@H]1NCc1nc2c([nH]1)CCCC2. The Bertz CT molecular complexity index is 612. The molecule has 2 aromatic heterocycles. The first-order chi connectivity index (χ1) is 11.3. The van der Waals surface area contributed by atoms with Crippen LogP contribution in [0.4, 0.5) is 0 Å². The van der Waals surface area contributed by atoms with Crippen LogP contribution in [0.15, 0.2) is 18.7 Å². The Hall–Kier alpha value is -1.66. The lowest BCUT2D eigenvalue weighted by molar-refractivity contribution is 0.145. The largest absolute Gasteiger partial charge is 0.391 e. The van der Waals surface area contributed by atoms with Crippen LogP contribution in [-0.4, -0.2) is 36.8 Å². The van der Waals surface area contributed by atoms with Gasteiger partial charge in [-0.3, -0.25) is 0 Å². The number of H-pyrrole nitrogens is 1. The molecule has 0 aliphatic heterocycles. The summed E-state index contributed by atoms with van der Waals surface area (Å²) in [6, 6.07) is 0.158. The maximum Gasteiger partial charge on any atom is 0.120 e. The van der Waals surface area contributed by atoms with Gasteiger partial charge in [-0.25, -0.2) is 9.97 Å². The molecule has 0 spiro atoms. The molecule has 6 heteroatoms. The Morgan fingerprint density at radius 1 is 1.30 bits per heavy atom. The summed E-state index contributed by atoms with van der Waals surface area (Å²) in [5.41, 5.74) is 2.57. The van der Waals surface area contributed by atoms with Crippen molar-refractivity contribution in [2.45, 2.75) is 63.8 Å². The van der Waals surface area contributed by atoms with Gasteiger partial charge in [0.25, 0.3) is 0 Å². The van der Waals surface area contributed by atoms with Crippen LogP contribution in [0, 0.1) is 5.92 Å². The van der Waals surface area contributed by atoms with Crippen molar-refractivity contribution in [3.63, 3.8) is 0 Å². The Morgan fingerprint density at radius 2 is 2.22 bits per heavy atom. The zero-order chi connectivity index (χ0) is 15.6. The van der Waals surface area contributed by atoms with E-state index in [9.17, 15) is 5.11 Å². The molecule has 2 heterocycles. The fraction of sp³-hybridized carbons (Fsp3) is 0.647. The van der Waals surface area contributed by atoms with E-state index < -0.39 is 0 Å². The lowest BCUT2D eigenvalue weighted by Crippen LogP contribution is -2.35. The molecule has 1 saturated carbocycles. The normalized spacial score (nSPS) is 27.3. The number of nitrogens with one attached hydrogen (secondary N) is 2. The van der Waals surface area contributed by atoms with E-state index in [0.29, 0.717) is 12.5 Å². The molecule has 1 unspecified atom stereocenters. The zero-order valence-electron chi connectivity index (χ0n) is 13.4. The van der Waals surface area contributed by atoms with Gasteiger partial charge < -0.3 is 20.0 Å². The van der Waals surface area contributed by atoms with Crippen molar-refractivity contribution in [2.75, 3.05) is 0 Å². The minimum absolute atomic E-state index is 0.158. The van der Waals surface area contributed by atoms with Gasteiger partial charge in [-0.15, -0.1) is 0 Å². The first-order valence-electron chi connectivity index (χ1n) is 8.72. The molecule has 3 N–H and O–H groups in total. The number of aliphatic hydroxyl groups excluding tert-OH is 1. The van der Waals surface area contributed by atoms with E-state index in [1.54, 1.807) is 6.20 Å². The van der Waals surface area contributed by atoms with E-state index in [2.05, 4.69) is 19.9 Å². The van der Waals surface area contributed by atoms with Gasteiger partial charge in [0.15, 0.2) is 0 Å². The second-order valence-corrected chi connectivity index (χ2v) is 6.97. The van der Waals surface area contributed by atoms with Gasteiger partial charge in [0.1, 0.15) is 5.82 Å². The highest BCUT2D eigenvalue weighted by molar-refractivity contribution is 5.17. The summed E-state index contributed by atoms with van der Waals surface area (Å²) in [5, 5.41) is 13.8. The molecule has 4 rings (SSSR count). The molecule has 2 aliphatic carbocycles. The molecule has 0 radical (unpaired) electrons. The van der Waals surface area contributed by atoms with Crippen molar-refractivity contribution in [3.05, 3.63) is 35.9 Å². The van der Waals surface area contributed by atoms with Crippen LogP contribution in [0.1, 0.15) is 42.9 Å². The summed E-state index contributed by atoms with van der Waals surface area (Å²) in [6.07, 6.45) is 12.0. The van der Waals surface area contributed by atoms with Crippen LogP contribution in [0.25, 0.3) is 0 Å². The second kappa shape index (κ2) is 6.45. The first-order valence-corrected chi connectivity index (χ1v) is 8.72. The predicted octanol–water partition coefficient (Wildman–Crippen LogP) is 1.41. The maximum absolute atomic E-state index is 10.3. The average Bonchev–Trinajstić information content (AvgIpc) is 3.25. The van der Waals surface area contributed by atoms with Gasteiger partial charge in [-0.05, 0) is 44.4 Å². The lowest BCUT2D eigenvalue weighted by Gasteiger charge is -2.15. The van der Waals surface area contributed by atoms with Gasteiger partial charge in [0.2, 0.25) is 0 Å². The van der Waals surface area contributed by atoms with Gasteiger partial charge in [0, 0.05) is 30.7 Å². The third-order valence-electron chi connectivity index (χ3n) is 5.19. The molecule has 0 saturated heterocycles. The molecule has 124 valence electrons. The molecule has 0 amide bonds. The van der Waals surface area contributed by atoms with Crippen molar-refractivity contribution >= 4 is 0 Å². The molecule has 23 heavy (non-hydrogen) atoms. The topological polar surface area (TPSA) is 78.8 Å². The van der Waals surface area contributed by atoms with Crippen LogP contribution in [0.5, 0.6) is 0 Å². The highest BCUT2D eigenvalue weighted by Crippen LogP contribution is 2.28. The number of rotatable bonds is 5. The Morgan fingerprint density at radius 3 is 3.04 bits per heavy atom. The lowest BCUT2D eigenvalue weighted by atomic mass is 10.0. The molecular weight excluding hydrogens is 290 g/mol. The molecule has 0 bridgehead atoms. The van der Waals surface area contributed by atoms with Crippen molar-refractivity contribution in [1.82, 2.24) is 24.8 Å². The van der Waals surface area contributed by atoms with Gasteiger partial charge in [0.05, 0.1) is 24.7 Å². The second-order valence-electron chi connectivity index (χ2n) is 6.97. The monoisotopic (exact) mass is 315 g/mol. The number of aromatic nitrogens is 4. The molecule has 0 aromatic carbocycles. The number of hydrogen-bond donors (Lipinski definition) is 3. The predicted molar refractivity (Wildman–Crippen MR) is 86.8 cm³/mol. The minimum atomic E-state index is -0.270. The smallest absolute Gasteiger partial charge is 0.120 e. The quantitative estimate of drug-likeness (QED) is 0.779. The van der Waals surface area contributed by atoms with Crippen LogP contribution in [-0.2, 0) is 25.9 Å². The number of aromatic amines is 1. The van der Waals surface area contributed by atoms with Crippen molar-refractivity contribution in [3.8, 4) is 0 Å². The van der Waals surface area contributed by atoms with Crippen LogP contribution in [0.2, 0.25) is 0 Å². The third kappa shape index (κ3) is 3.33. The van der Waals surface area contributed by atoms with Crippen LogP contribution in [0.3, 0.4) is 0 Å². The van der Waals surface area contributed by atoms with E-state index in [1.165, 1.54) is 24.2 Å². The number of aliphatic hydroxyl groups is 1. The average molecular weight is 315 g/mol. The van der Waals surface area contributed by atoms with E-state index >= 15 is 0 Å². The summed E-state index contributed by atoms with van der Waals surface area (Å²) in [5.74, 6) is 1.52. The van der Waals surface area contributed by atoms with E-state index in [-0.39, 0.29) is 12.1 Å². The fourth-order valence-corrected chi connectivity index (χ4v) is 4.00. The standard InChI is InChI=1S/C17H25N5O/c23-16-8-12(10-22-6-5-18-11-22)7-15(16)19-9-17-20-13-3-1-2-4-14(13)21-17/h5-6,11-12,15-16,19,23H,1-4,7-10H2,(H,20,21)/t12?,15-,16-/m1/s1. The summed E-state index contributed by atoms with van der Waals surface area (Å²) in [7, 11) is 0. The number of hydrogen-bond acceptors (Lipinski definition) is 4. The molecule has 2 aromatic rings. The van der Waals surface area contributed by atoms with Crippen molar-refractivity contribution in [1.29, 1.82) is 0 Å². The third-order valence-corrected chi connectivity index (χ3v) is 5.19. The number of nitrogens with zero attached hydrogens (tertiary/aromatic N) is 3. The molecular formula is C17H25N5O. The highest BCUT2D eigenvalue weighted by atomic mass is 16.3. The highest BCUT2D eigenvalue weighted by Gasteiger charge is 2.32. The summed E-state index contributed by atoms with van der Waals surface area (Å²) in [6.45, 7) is 1.65. The summed E-state index contributed by atoms with van der Waals surface area (Å²) in [4.78, 5) is 12.2. The Kier molecular flexibility index (Phi) is 4.18. The number of aryl methyl sites for hydroxylation is 2. The summed E-state index contributed by atoms with van der Waals surface area (Å²) >= 11 is 0. The van der Waals surface area contributed by atoms with Gasteiger partial charge in [-0.2, -0.15) is 0 Å². The van der Waals surface area contributed by atoms with Gasteiger partial charge in [-0.1, -0.05) is 0 Å². The van der Waals surface area contributed by atoms with Crippen molar-refractivity contribution < 1.29 is 5.11 Å². The van der Waals surface area contributed by atoms with Crippen molar-refractivity contribution in [2.24, 2.45) is 5.92 Å². The van der Waals surface area contributed by atoms with E-state index in [1.807, 2.05) is 12.5 Å². The molecule has 1 fully saturated rings. The zero-order valence-corrected chi connectivity index (χ0v) is 13.4. The molecule has 6 nitrogen and oxygen atoms in total.